The molecule has 0 aromatic carbocycles. The molecular weight excluding hydrogens is 324 g/mol. The second-order valence-electron chi connectivity index (χ2n) is 9.34. The van der Waals surface area contributed by atoms with Gasteiger partial charge >= 0.3 is 5.97 Å². The SMILES string of the molecule is C[C@]12CCC(=O)OC1CC[C@@H]1[C@@H]2CC[C@]2(C)C(c3cnccn3)=CC[C@@H]12. The van der Waals surface area contributed by atoms with Gasteiger partial charge in [-0.15, -0.1) is 0 Å². The van der Waals surface area contributed by atoms with Crippen LogP contribution in [0.4, 0.5) is 0 Å². The maximum atomic E-state index is 11.8. The minimum atomic E-state index is 0.0130. The Balaban J connectivity index is 1.45. The van der Waals surface area contributed by atoms with E-state index in [0.29, 0.717) is 18.3 Å². The molecule has 0 radical (unpaired) electrons. The summed E-state index contributed by atoms with van der Waals surface area (Å²) in [5.41, 5.74) is 2.86. The summed E-state index contributed by atoms with van der Waals surface area (Å²) in [6.07, 6.45) is 15.5. The predicted molar refractivity (Wildman–Crippen MR) is 98.9 cm³/mol. The summed E-state index contributed by atoms with van der Waals surface area (Å²) < 4.78 is 5.80. The molecule has 0 spiro atoms. The second kappa shape index (κ2) is 5.64. The number of carbonyl (C=O) groups is 1. The van der Waals surface area contributed by atoms with Gasteiger partial charge in [0, 0.05) is 24.2 Å². The van der Waals surface area contributed by atoms with Gasteiger partial charge in [0.15, 0.2) is 0 Å². The third kappa shape index (κ3) is 2.17. The van der Waals surface area contributed by atoms with Gasteiger partial charge in [-0.25, -0.2) is 0 Å². The Morgan fingerprint density at radius 3 is 2.81 bits per heavy atom. The molecule has 4 heteroatoms. The first-order valence-electron chi connectivity index (χ1n) is 10.2. The smallest absolute Gasteiger partial charge is 0.306 e. The van der Waals surface area contributed by atoms with Gasteiger partial charge in [-0.3, -0.25) is 14.8 Å². The van der Waals surface area contributed by atoms with Crippen LogP contribution in [0, 0.1) is 28.6 Å². The summed E-state index contributed by atoms with van der Waals surface area (Å²) in [6.45, 7) is 4.85. The molecule has 0 amide bonds. The Bertz CT molecular complexity index is 761. The lowest BCUT2D eigenvalue weighted by Gasteiger charge is -2.59. The number of esters is 1. The monoisotopic (exact) mass is 352 g/mol. The van der Waals surface area contributed by atoms with E-state index in [1.54, 1.807) is 12.4 Å². The van der Waals surface area contributed by atoms with Gasteiger partial charge in [-0.05, 0) is 67.3 Å². The van der Waals surface area contributed by atoms with Crippen LogP contribution in [0.1, 0.15) is 64.5 Å². The molecule has 5 rings (SSSR count). The van der Waals surface area contributed by atoms with Gasteiger partial charge in [0.1, 0.15) is 6.10 Å². The second-order valence-corrected chi connectivity index (χ2v) is 9.34. The van der Waals surface area contributed by atoms with Crippen molar-refractivity contribution in [2.75, 3.05) is 0 Å². The van der Waals surface area contributed by atoms with E-state index in [-0.39, 0.29) is 22.9 Å². The summed E-state index contributed by atoms with van der Waals surface area (Å²) >= 11 is 0. The standard InChI is InChI=1S/C22H28N2O2/c1-21-9-7-16-14(3-6-19-22(16,2)10-8-20(25)26-19)15(21)4-5-17(21)18-13-23-11-12-24-18/h5,11-16,19H,3-4,6-10H2,1-2H3/t14-,15-,16-,19?,21-,22+/m0/s1. The van der Waals surface area contributed by atoms with Gasteiger partial charge in [-0.2, -0.15) is 0 Å². The number of ether oxygens (including phenoxy) is 1. The first kappa shape index (κ1) is 16.5. The maximum absolute atomic E-state index is 11.8. The molecule has 2 saturated carbocycles. The first-order valence-corrected chi connectivity index (χ1v) is 10.2. The molecule has 138 valence electrons. The van der Waals surface area contributed by atoms with Crippen molar-refractivity contribution in [3.63, 3.8) is 0 Å². The van der Waals surface area contributed by atoms with E-state index in [4.69, 9.17) is 4.74 Å². The van der Waals surface area contributed by atoms with E-state index in [1.165, 1.54) is 24.8 Å². The number of rotatable bonds is 1. The van der Waals surface area contributed by atoms with Crippen LogP contribution < -0.4 is 0 Å². The van der Waals surface area contributed by atoms with Crippen molar-refractivity contribution in [2.24, 2.45) is 28.6 Å². The Morgan fingerprint density at radius 1 is 1.12 bits per heavy atom. The zero-order valence-corrected chi connectivity index (χ0v) is 15.8. The molecule has 3 aliphatic carbocycles. The summed E-state index contributed by atoms with van der Waals surface area (Å²) in [5, 5.41) is 0. The van der Waals surface area contributed by atoms with Crippen LogP contribution in [0.25, 0.3) is 5.57 Å². The minimum absolute atomic E-state index is 0.0130. The summed E-state index contributed by atoms with van der Waals surface area (Å²) in [4.78, 5) is 20.7. The number of nitrogens with zero attached hydrogens (tertiary/aromatic N) is 2. The van der Waals surface area contributed by atoms with Crippen molar-refractivity contribution < 1.29 is 9.53 Å². The average molecular weight is 352 g/mol. The summed E-state index contributed by atoms with van der Waals surface area (Å²) in [5.74, 6) is 2.12. The molecule has 1 aliphatic heterocycles. The lowest BCUT2D eigenvalue weighted by Crippen LogP contribution is -2.56. The van der Waals surface area contributed by atoms with Crippen LogP contribution in [0.15, 0.2) is 24.7 Å². The fourth-order valence-electron chi connectivity index (χ4n) is 6.95. The van der Waals surface area contributed by atoms with Crippen molar-refractivity contribution in [2.45, 2.75) is 64.9 Å². The molecule has 4 aliphatic rings. The van der Waals surface area contributed by atoms with Gasteiger partial charge in [0.25, 0.3) is 0 Å². The maximum Gasteiger partial charge on any atom is 0.306 e. The molecule has 4 nitrogen and oxygen atoms in total. The van der Waals surface area contributed by atoms with Crippen LogP contribution in [-0.4, -0.2) is 22.0 Å². The average Bonchev–Trinajstić information content (AvgIpc) is 3.00. The van der Waals surface area contributed by atoms with E-state index in [2.05, 4.69) is 29.9 Å². The first-order chi connectivity index (χ1) is 12.5. The fraction of sp³-hybridized carbons (Fsp3) is 0.682. The molecule has 2 heterocycles. The van der Waals surface area contributed by atoms with Crippen molar-refractivity contribution in [1.29, 1.82) is 0 Å². The highest BCUT2D eigenvalue weighted by molar-refractivity contribution is 5.71. The van der Waals surface area contributed by atoms with Crippen LogP contribution in [0.2, 0.25) is 0 Å². The molecule has 0 bridgehead atoms. The van der Waals surface area contributed by atoms with Crippen molar-refractivity contribution in [1.82, 2.24) is 9.97 Å². The highest BCUT2D eigenvalue weighted by Crippen LogP contribution is 2.65. The number of allylic oxidation sites excluding steroid dienone is 2. The third-order valence-electron chi connectivity index (χ3n) is 8.34. The van der Waals surface area contributed by atoms with Crippen LogP contribution >= 0.6 is 0 Å². The Kier molecular flexibility index (Phi) is 3.57. The van der Waals surface area contributed by atoms with Gasteiger partial charge in [0.05, 0.1) is 11.9 Å². The summed E-state index contributed by atoms with van der Waals surface area (Å²) in [6, 6.07) is 0. The van der Waals surface area contributed by atoms with Crippen molar-refractivity contribution >= 4 is 11.5 Å². The topological polar surface area (TPSA) is 52.1 Å². The van der Waals surface area contributed by atoms with E-state index in [0.717, 1.165) is 30.9 Å². The van der Waals surface area contributed by atoms with Gasteiger partial charge < -0.3 is 4.74 Å². The Morgan fingerprint density at radius 2 is 2.00 bits per heavy atom. The molecule has 1 unspecified atom stereocenters. The van der Waals surface area contributed by atoms with E-state index in [9.17, 15) is 4.79 Å². The van der Waals surface area contributed by atoms with Gasteiger partial charge in [-0.1, -0.05) is 19.9 Å². The quantitative estimate of drug-likeness (QED) is 0.702. The van der Waals surface area contributed by atoms with Crippen molar-refractivity contribution in [3.8, 4) is 0 Å². The number of hydrogen-bond acceptors (Lipinski definition) is 4. The van der Waals surface area contributed by atoms with E-state index >= 15 is 0 Å². The number of carbonyl (C=O) groups excluding carboxylic acids is 1. The highest BCUT2D eigenvalue weighted by Gasteiger charge is 2.59. The lowest BCUT2D eigenvalue weighted by atomic mass is 9.47. The number of hydrogen-bond donors (Lipinski definition) is 0. The normalized spacial score (nSPS) is 44.4. The predicted octanol–water partition coefficient (Wildman–Crippen LogP) is 4.42. The third-order valence-corrected chi connectivity index (χ3v) is 8.34. The van der Waals surface area contributed by atoms with Crippen LogP contribution in [-0.2, 0) is 9.53 Å². The molecule has 1 aromatic rings. The largest absolute Gasteiger partial charge is 0.462 e. The zero-order valence-electron chi connectivity index (χ0n) is 15.8. The molecule has 1 saturated heterocycles. The van der Waals surface area contributed by atoms with E-state index in [1.807, 2.05) is 6.20 Å². The number of fused-ring (bicyclic) bond motifs is 5. The number of aromatic nitrogens is 2. The van der Waals surface area contributed by atoms with Gasteiger partial charge in [0.2, 0.25) is 0 Å². The lowest BCUT2D eigenvalue weighted by molar-refractivity contribution is -0.189. The fourth-order valence-corrected chi connectivity index (χ4v) is 6.95. The molecule has 3 fully saturated rings. The highest BCUT2D eigenvalue weighted by atomic mass is 16.5. The Labute approximate surface area is 155 Å². The molecular formula is C22H28N2O2. The molecule has 6 atom stereocenters. The molecule has 0 N–H and O–H groups in total. The Hall–Kier alpha value is -1.71. The zero-order chi connectivity index (χ0) is 17.9. The molecule has 1 aromatic heterocycles. The van der Waals surface area contributed by atoms with Crippen LogP contribution in [0.3, 0.4) is 0 Å². The summed E-state index contributed by atoms with van der Waals surface area (Å²) in [7, 11) is 0. The minimum Gasteiger partial charge on any atom is -0.462 e. The van der Waals surface area contributed by atoms with Crippen molar-refractivity contribution in [3.05, 3.63) is 30.4 Å². The van der Waals surface area contributed by atoms with E-state index < -0.39 is 0 Å². The van der Waals surface area contributed by atoms with Crippen LogP contribution in [0.5, 0.6) is 0 Å². The molecule has 26 heavy (non-hydrogen) atoms.